The van der Waals surface area contributed by atoms with Crippen LogP contribution in [0.2, 0.25) is 0 Å². The Morgan fingerprint density at radius 1 is 1.36 bits per heavy atom. The molecule has 0 amide bonds. The Morgan fingerprint density at radius 2 is 2.00 bits per heavy atom. The molecule has 0 heterocycles. The molecule has 0 spiro atoms. The van der Waals surface area contributed by atoms with Crippen LogP contribution in [0.3, 0.4) is 0 Å². The SMILES string of the molecule is COc1ccc(C=C=O)cc1. The third-order valence-corrected chi connectivity index (χ3v) is 1.34. The van der Waals surface area contributed by atoms with Gasteiger partial charge in [0.25, 0.3) is 0 Å². The third-order valence-electron chi connectivity index (χ3n) is 1.34. The maximum Gasteiger partial charge on any atom is 0.125 e. The normalized spacial score (nSPS) is 8.45. The van der Waals surface area contributed by atoms with E-state index in [2.05, 4.69) is 0 Å². The Bertz CT molecular complexity index is 268. The van der Waals surface area contributed by atoms with Crippen molar-refractivity contribution >= 4 is 12.0 Å². The fourth-order valence-corrected chi connectivity index (χ4v) is 0.768. The van der Waals surface area contributed by atoms with E-state index in [-0.39, 0.29) is 0 Å². The lowest BCUT2D eigenvalue weighted by molar-refractivity contribution is 0.415. The van der Waals surface area contributed by atoms with Crippen molar-refractivity contribution in [2.75, 3.05) is 7.11 Å². The van der Waals surface area contributed by atoms with E-state index in [1.807, 2.05) is 0 Å². The molecule has 0 radical (unpaired) electrons. The molecule has 1 rings (SSSR count). The van der Waals surface area contributed by atoms with E-state index in [0.29, 0.717) is 0 Å². The van der Waals surface area contributed by atoms with Crippen LogP contribution in [0.15, 0.2) is 24.3 Å². The first kappa shape index (κ1) is 7.58. The lowest BCUT2D eigenvalue weighted by Crippen LogP contribution is -1.81. The van der Waals surface area contributed by atoms with Gasteiger partial charge in [-0.05, 0) is 17.7 Å². The quantitative estimate of drug-likeness (QED) is 0.594. The molecular weight excluding hydrogens is 140 g/mol. The Balaban J connectivity index is 2.91. The van der Waals surface area contributed by atoms with Gasteiger partial charge in [0.2, 0.25) is 0 Å². The van der Waals surface area contributed by atoms with Crippen molar-refractivity contribution in [2.24, 2.45) is 0 Å². The summed E-state index contributed by atoms with van der Waals surface area (Å²) in [6, 6.07) is 7.18. The minimum atomic E-state index is 0.785. The fourth-order valence-electron chi connectivity index (χ4n) is 0.768. The minimum absolute atomic E-state index is 0.785. The number of ether oxygens (including phenoxy) is 1. The van der Waals surface area contributed by atoms with Gasteiger partial charge in [0, 0.05) is 6.08 Å². The molecule has 0 fully saturated rings. The molecule has 1 aromatic carbocycles. The van der Waals surface area contributed by atoms with Crippen molar-refractivity contribution in [3.8, 4) is 5.75 Å². The van der Waals surface area contributed by atoms with Crippen LogP contribution in [0.4, 0.5) is 0 Å². The van der Waals surface area contributed by atoms with Crippen LogP contribution in [0.25, 0.3) is 6.08 Å². The third kappa shape index (κ3) is 1.95. The maximum atomic E-state index is 9.92. The molecule has 11 heavy (non-hydrogen) atoms. The van der Waals surface area contributed by atoms with Gasteiger partial charge in [0.15, 0.2) is 0 Å². The average molecular weight is 148 g/mol. The zero-order valence-corrected chi connectivity index (χ0v) is 6.20. The first-order valence-electron chi connectivity index (χ1n) is 3.22. The highest BCUT2D eigenvalue weighted by Gasteiger charge is 1.88. The predicted octanol–water partition coefficient (Wildman–Crippen LogP) is 1.54. The molecule has 1 aromatic rings. The van der Waals surface area contributed by atoms with Crippen molar-refractivity contribution in [2.45, 2.75) is 0 Å². The van der Waals surface area contributed by atoms with Crippen molar-refractivity contribution in [1.82, 2.24) is 0 Å². The first-order valence-corrected chi connectivity index (χ1v) is 3.22. The number of benzene rings is 1. The van der Waals surface area contributed by atoms with Gasteiger partial charge in [-0.15, -0.1) is 0 Å². The monoisotopic (exact) mass is 148 g/mol. The molecule has 0 aliphatic rings. The highest BCUT2D eigenvalue weighted by molar-refractivity contribution is 5.74. The molecule has 0 saturated carbocycles. The molecule has 0 atom stereocenters. The average Bonchev–Trinajstić information content (AvgIpc) is 2.07. The number of hydrogen-bond acceptors (Lipinski definition) is 2. The van der Waals surface area contributed by atoms with Gasteiger partial charge >= 0.3 is 0 Å². The van der Waals surface area contributed by atoms with Gasteiger partial charge in [-0.25, -0.2) is 4.79 Å². The largest absolute Gasteiger partial charge is 0.497 e. The Hall–Kier alpha value is -1.53. The molecule has 0 aromatic heterocycles. The second kappa shape index (κ2) is 3.59. The Morgan fingerprint density at radius 3 is 2.45 bits per heavy atom. The standard InChI is InChI=1S/C9H8O2/c1-11-9-4-2-8(3-5-9)6-7-10/h2-6H,1H3. The van der Waals surface area contributed by atoms with Crippen LogP contribution < -0.4 is 4.74 Å². The second-order valence-electron chi connectivity index (χ2n) is 2.04. The van der Waals surface area contributed by atoms with Crippen LogP contribution in [0.1, 0.15) is 5.56 Å². The van der Waals surface area contributed by atoms with E-state index in [0.717, 1.165) is 11.3 Å². The smallest absolute Gasteiger partial charge is 0.125 e. The predicted molar refractivity (Wildman–Crippen MR) is 43.2 cm³/mol. The molecule has 0 aliphatic heterocycles. The van der Waals surface area contributed by atoms with Gasteiger partial charge in [-0.1, -0.05) is 12.1 Å². The van der Waals surface area contributed by atoms with Gasteiger partial charge in [-0.2, -0.15) is 0 Å². The second-order valence-corrected chi connectivity index (χ2v) is 2.04. The number of rotatable bonds is 2. The highest BCUT2D eigenvalue weighted by atomic mass is 16.5. The lowest BCUT2D eigenvalue weighted by Gasteiger charge is -1.97. The van der Waals surface area contributed by atoms with E-state index in [9.17, 15) is 4.79 Å². The van der Waals surface area contributed by atoms with E-state index in [4.69, 9.17) is 4.74 Å². The van der Waals surface area contributed by atoms with E-state index in [1.54, 1.807) is 37.3 Å². The molecule has 0 saturated heterocycles. The summed E-state index contributed by atoms with van der Waals surface area (Å²) in [7, 11) is 1.60. The molecular formula is C9H8O2. The van der Waals surface area contributed by atoms with Crippen LogP contribution in [-0.2, 0) is 4.79 Å². The van der Waals surface area contributed by atoms with Crippen LogP contribution in [0.5, 0.6) is 5.75 Å². The van der Waals surface area contributed by atoms with Crippen LogP contribution in [0, 0.1) is 0 Å². The maximum absolute atomic E-state index is 9.92. The molecule has 56 valence electrons. The zero-order valence-electron chi connectivity index (χ0n) is 6.20. The van der Waals surface area contributed by atoms with Gasteiger partial charge < -0.3 is 4.74 Å². The minimum Gasteiger partial charge on any atom is -0.497 e. The van der Waals surface area contributed by atoms with Crippen LogP contribution >= 0.6 is 0 Å². The van der Waals surface area contributed by atoms with Crippen LogP contribution in [-0.4, -0.2) is 13.1 Å². The number of methoxy groups -OCH3 is 1. The van der Waals surface area contributed by atoms with E-state index < -0.39 is 0 Å². The zero-order chi connectivity index (χ0) is 8.10. The Labute approximate surface area is 65.1 Å². The highest BCUT2D eigenvalue weighted by Crippen LogP contribution is 2.11. The summed E-state index contributed by atoms with van der Waals surface area (Å²) in [5.74, 6) is 2.49. The first-order chi connectivity index (χ1) is 5.36. The summed E-state index contributed by atoms with van der Waals surface area (Å²) < 4.78 is 4.93. The topological polar surface area (TPSA) is 26.3 Å². The molecule has 0 bridgehead atoms. The van der Waals surface area contributed by atoms with E-state index >= 15 is 0 Å². The molecule has 0 unspecified atom stereocenters. The van der Waals surface area contributed by atoms with Gasteiger partial charge in [0.05, 0.1) is 7.11 Å². The summed E-state index contributed by atoms with van der Waals surface area (Å²) in [5.41, 5.74) is 0.834. The molecule has 0 N–H and O–H groups in total. The molecule has 2 heteroatoms. The van der Waals surface area contributed by atoms with Gasteiger partial charge in [0.1, 0.15) is 11.7 Å². The molecule has 2 nitrogen and oxygen atoms in total. The van der Waals surface area contributed by atoms with Crippen molar-refractivity contribution in [3.05, 3.63) is 29.8 Å². The summed E-state index contributed by atoms with van der Waals surface area (Å²) >= 11 is 0. The fraction of sp³-hybridized carbons (Fsp3) is 0.111. The summed E-state index contributed by atoms with van der Waals surface area (Å²) in [5, 5.41) is 0. The van der Waals surface area contributed by atoms with Crippen molar-refractivity contribution in [3.63, 3.8) is 0 Å². The summed E-state index contributed by atoms with van der Waals surface area (Å²) in [6.07, 6.45) is 1.37. The lowest BCUT2D eigenvalue weighted by atomic mass is 10.2. The number of hydrogen-bond donors (Lipinski definition) is 0. The van der Waals surface area contributed by atoms with Crippen molar-refractivity contribution in [1.29, 1.82) is 0 Å². The van der Waals surface area contributed by atoms with Gasteiger partial charge in [-0.3, -0.25) is 0 Å². The number of carbonyl (C=O) groups excluding carboxylic acids is 1. The van der Waals surface area contributed by atoms with E-state index in [1.165, 1.54) is 6.08 Å². The Kier molecular flexibility index (Phi) is 2.47. The summed E-state index contributed by atoms with van der Waals surface area (Å²) in [4.78, 5) is 9.92. The summed E-state index contributed by atoms with van der Waals surface area (Å²) in [6.45, 7) is 0. The van der Waals surface area contributed by atoms with Crippen molar-refractivity contribution < 1.29 is 9.53 Å². The molecule has 0 aliphatic carbocycles.